The maximum atomic E-state index is 13.4. The van der Waals surface area contributed by atoms with E-state index in [0.29, 0.717) is 17.0 Å². The molecule has 0 aromatic heterocycles. The van der Waals surface area contributed by atoms with E-state index in [1.165, 1.54) is 12.1 Å². The molecule has 0 aliphatic carbocycles. The number of imide groups is 1. The highest BCUT2D eigenvalue weighted by atomic mass is 35.5. The number of piperidine rings is 1. The smallest absolute Gasteiger partial charge is 0.273 e. The molecule has 1 aliphatic rings. The fourth-order valence-corrected chi connectivity index (χ4v) is 3.47. The van der Waals surface area contributed by atoms with E-state index in [4.69, 9.17) is 11.6 Å². The molecular formula is C22H21ClN2O4. The van der Waals surface area contributed by atoms with E-state index in [1.54, 1.807) is 49.4 Å². The monoisotopic (exact) mass is 412 g/mol. The lowest BCUT2D eigenvalue weighted by molar-refractivity contribution is -0.165. The molecule has 150 valence electrons. The topological polar surface area (TPSA) is 74.8 Å². The van der Waals surface area contributed by atoms with E-state index in [0.717, 1.165) is 10.0 Å². The summed E-state index contributed by atoms with van der Waals surface area (Å²) in [6.07, 6.45) is 0.961. The van der Waals surface area contributed by atoms with Crippen LogP contribution >= 0.6 is 11.6 Å². The molecule has 0 bridgehead atoms. The maximum Gasteiger partial charge on any atom is 0.273 e. The second-order valence-electron chi connectivity index (χ2n) is 6.76. The number of nitrogens with zero attached hydrogens (tertiary/aromatic N) is 2. The number of amides is 3. The first-order valence-corrected chi connectivity index (χ1v) is 9.86. The van der Waals surface area contributed by atoms with Crippen LogP contribution in [0.5, 0.6) is 0 Å². The zero-order valence-electron chi connectivity index (χ0n) is 16.0. The lowest BCUT2D eigenvalue weighted by Gasteiger charge is -2.39. The highest BCUT2D eigenvalue weighted by Gasteiger charge is 2.41. The van der Waals surface area contributed by atoms with Crippen LogP contribution in [0.25, 0.3) is 0 Å². The Hall–Kier alpha value is -2.99. The molecule has 0 unspecified atom stereocenters. The Bertz CT molecular complexity index is 912. The van der Waals surface area contributed by atoms with Crippen molar-refractivity contribution >= 4 is 35.1 Å². The second-order valence-corrected chi connectivity index (χ2v) is 7.20. The molecule has 1 aliphatic heterocycles. The number of Topliss-reactive ketones (excluding diaryl/α,β-unsaturated/α-hetero) is 1. The number of carbonyl (C=O) groups is 4. The summed E-state index contributed by atoms with van der Waals surface area (Å²) in [4.78, 5) is 51.8. The first-order chi connectivity index (χ1) is 13.9. The van der Waals surface area contributed by atoms with Gasteiger partial charge in [0.15, 0.2) is 5.78 Å². The van der Waals surface area contributed by atoms with Gasteiger partial charge in [0, 0.05) is 29.0 Å². The van der Waals surface area contributed by atoms with Crippen molar-refractivity contribution < 1.29 is 19.2 Å². The fourth-order valence-electron chi connectivity index (χ4n) is 3.34. The Balaban J connectivity index is 2.06. The highest BCUT2D eigenvalue weighted by molar-refractivity contribution is 6.30. The molecule has 0 N–H and O–H groups in total. The zero-order chi connectivity index (χ0) is 21.0. The predicted molar refractivity (Wildman–Crippen MR) is 108 cm³/mol. The van der Waals surface area contributed by atoms with E-state index in [-0.39, 0.29) is 30.6 Å². The number of rotatable bonds is 6. The van der Waals surface area contributed by atoms with Crippen molar-refractivity contribution in [2.24, 2.45) is 0 Å². The van der Waals surface area contributed by atoms with E-state index < -0.39 is 23.8 Å². The Morgan fingerprint density at radius 2 is 1.55 bits per heavy atom. The Kier molecular flexibility index (Phi) is 6.44. The van der Waals surface area contributed by atoms with Crippen molar-refractivity contribution in [3.8, 4) is 0 Å². The fraction of sp³-hybridized carbons (Fsp3) is 0.273. The van der Waals surface area contributed by atoms with Gasteiger partial charge in [0.05, 0.1) is 0 Å². The van der Waals surface area contributed by atoms with E-state index in [2.05, 4.69) is 0 Å². The van der Waals surface area contributed by atoms with Gasteiger partial charge in [-0.05, 0) is 37.1 Å². The van der Waals surface area contributed by atoms with Crippen molar-refractivity contribution in [2.75, 3.05) is 0 Å². The van der Waals surface area contributed by atoms with Gasteiger partial charge in [0.1, 0.15) is 6.04 Å². The summed E-state index contributed by atoms with van der Waals surface area (Å²) < 4.78 is 0. The summed E-state index contributed by atoms with van der Waals surface area (Å²) in [5, 5.41) is 2.34. The van der Waals surface area contributed by atoms with Crippen molar-refractivity contribution in [3.05, 3.63) is 70.7 Å². The number of ketones is 1. The van der Waals surface area contributed by atoms with Crippen LogP contribution in [0.15, 0.2) is 54.6 Å². The summed E-state index contributed by atoms with van der Waals surface area (Å²) in [5.74, 6) is -1.89. The van der Waals surface area contributed by atoms with Crippen molar-refractivity contribution in [1.29, 1.82) is 0 Å². The third-order valence-corrected chi connectivity index (χ3v) is 5.06. The van der Waals surface area contributed by atoms with E-state index in [1.807, 2.05) is 0 Å². The van der Waals surface area contributed by atoms with Crippen LogP contribution in [0, 0.1) is 0 Å². The first kappa shape index (κ1) is 20.7. The van der Waals surface area contributed by atoms with Crippen molar-refractivity contribution in [2.45, 2.75) is 38.6 Å². The minimum Gasteiger partial charge on any atom is -0.292 e. The third kappa shape index (κ3) is 4.38. The molecule has 3 rings (SSSR count). The van der Waals surface area contributed by atoms with Crippen LogP contribution in [-0.2, 0) is 9.59 Å². The van der Waals surface area contributed by atoms with Gasteiger partial charge in [0.2, 0.25) is 11.8 Å². The zero-order valence-corrected chi connectivity index (χ0v) is 16.8. The standard InChI is InChI=1S/C22H21ClN2O4/c1-2-18(21(28)15-7-4-3-5-8-15)24(25-19(26)9-6-10-20(25)27)22(29)16-11-13-17(23)14-12-16/h3-5,7-8,11-14,18H,2,6,9-10H2,1H3/t18-/m1/s1. The van der Waals surface area contributed by atoms with E-state index in [9.17, 15) is 19.2 Å². The van der Waals surface area contributed by atoms with Gasteiger partial charge in [-0.25, -0.2) is 5.01 Å². The van der Waals surface area contributed by atoms with Crippen molar-refractivity contribution in [3.63, 3.8) is 0 Å². The molecule has 0 radical (unpaired) electrons. The molecule has 29 heavy (non-hydrogen) atoms. The molecule has 1 heterocycles. The quantitative estimate of drug-likeness (QED) is 0.532. The average Bonchev–Trinajstić information content (AvgIpc) is 2.73. The first-order valence-electron chi connectivity index (χ1n) is 9.48. The summed E-state index contributed by atoms with van der Waals surface area (Å²) in [6.45, 7) is 1.74. The van der Waals surface area contributed by atoms with Crippen molar-refractivity contribution in [1.82, 2.24) is 10.0 Å². The van der Waals surface area contributed by atoms with Gasteiger partial charge in [-0.1, -0.05) is 48.9 Å². The number of benzene rings is 2. The molecule has 1 fully saturated rings. The average molecular weight is 413 g/mol. The lowest BCUT2D eigenvalue weighted by atomic mass is 10.0. The molecule has 1 atom stereocenters. The number of hydrogen-bond donors (Lipinski definition) is 0. The largest absolute Gasteiger partial charge is 0.292 e. The molecule has 6 nitrogen and oxygen atoms in total. The summed E-state index contributed by atoms with van der Waals surface area (Å²) >= 11 is 5.91. The lowest BCUT2D eigenvalue weighted by Crippen LogP contribution is -2.60. The van der Waals surface area contributed by atoms with E-state index >= 15 is 0 Å². The molecule has 0 spiro atoms. The minimum atomic E-state index is -0.994. The highest BCUT2D eigenvalue weighted by Crippen LogP contribution is 2.24. The summed E-state index contributed by atoms with van der Waals surface area (Å²) in [7, 11) is 0. The normalized spacial score (nSPS) is 15.2. The van der Waals surface area contributed by atoms with Gasteiger partial charge < -0.3 is 0 Å². The Morgan fingerprint density at radius 1 is 0.966 bits per heavy atom. The molecule has 0 saturated carbocycles. The molecule has 1 saturated heterocycles. The van der Waals surface area contributed by atoms with Gasteiger partial charge in [-0.2, -0.15) is 5.01 Å². The number of halogens is 1. The number of hydrogen-bond acceptors (Lipinski definition) is 4. The molecular weight excluding hydrogens is 392 g/mol. The van der Waals surface area contributed by atoms with Gasteiger partial charge in [0.25, 0.3) is 5.91 Å². The molecule has 2 aromatic carbocycles. The third-order valence-electron chi connectivity index (χ3n) is 4.81. The van der Waals surface area contributed by atoms with Gasteiger partial charge in [-0.3, -0.25) is 19.2 Å². The minimum absolute atomic E-state index is 0.145. The number of carbonyl (C=O) groups excluding carboxylic acids is 4. The van der Waals surface area contributed by atoms with Gasteiger partial charge in [-0.15, -0.1) is 0 Å². The Morgan fingerprint density at radius 3 is 2.10 bits per heavy atom. The van der Waals surface area contributed by atoms with Crippen LogP contribution in [0.1, 0.15) is 53.3 Å². The summed E-state index contributed by atoms with van der Waals surface area (Å²) in [5.41, 5.74) is 0.644. The molecule has 7 heteroatoms. The predicted octanol–water partition coefficient (Wildman–Crippen LogP) is 3.90. The van der Waals surface area contributed by atoms with Crippen LogP contribution < -0.4 is 0 Å². The molecule has 3 amide bonds. The maximum absolute atomic E-state index is 13.4. The second kappa shape index (κ2) is 9.01. The summed E-state index contributed by atoms with van der Waals surface area (Å²) in [6, 6.07) is 13.7. The van der Waals surface area contributed by atoms with Crippen LogP contribution in [0.2, 0.25) is 5.02 Å². The molecule has 2 aromatic rings. The van der Waals surface area contributed by atoms with Crippen LogP contribution in [-0.4, -0.2) is 39.6 Å². The Labute approximate surface area is 174 Å². The van der Waals surface area contributed by atoms with Gasteiger partial charge >= 0.3 is 0 Å². The SMILES string of the molecule is CC[C@H](C(=O)c1ccccc1)N(C(=O)c1ccc(Cl)cc1)N1C(=O)CCCC1=O. The van der Waals surface area contributed by atoms with Crippen LogP contribution in [0.4, 0.5) is 0 Å². The number of hydrazine groups is 1. The van der Waals surface area contributed by atoms with Crippen LogP contribution in [0.3, 0.4) is 0 Å².